The van der Waals surface area contributed by atoms with Crippen LogP contribution in [0.3, 0.4) is 0 Å². The molecule has 0 saturated heterocycles. The van der Waals surface area contributed by atoms with Crippen molar-refractivity contribution in [3.8, 4) is 0 Å². The fourth-order valence-electron chi connectivity index (χ4n) is 2.25. The molecular formula is C12H18N2O3. The molecule has 0 radical (unpaired) electrons. The number of rotatable bonds is 3. The maximum Gasteiger partial charge on any atom is 0.289 e. The van der Waals surface area contributed by atoms with Crippen molar-refractivity contribution in [3.05, 3.63) is 17.8 Å². The van der Waals surface area contributed by atoms with E-state index in [0.717, 1.165) is 25.7 Å². The van der Waals surface area contributed by atoms with Crippen molar-refractivity contribution >= 4 is 5.91 Å². The topological polar surface area (TPSA) is 75.4 Å². The average Bonchev–Trinajstić information content (AvgIpc) is 2.74. The highest BCUT2D eigenvalue weighted by atomic mass is 16.3. The van der Waals surface area contributed by atoms with E-state index in [1.165, 1.54) is 6.39 Å². The van der Waals surface area contributed by atoms with Gasteiger partial charge in [-0.1, -0.05) is 12.8 Å². The van der Waals surface area contributed by atoms with Gasteiger partial charge < -0.3 is 14.8 Å². The second-order valence-electron chi connectivity index (χ2n) is 4.59. The van der Waals surface area contributed by atoms with Gasteiger partial charge in [-0.3, -0.25) is 4.79 Å². The molecule has 1 aliphatic rings. The number of aromatic nitrogens is 1. The molecule has 0 aliphatic heterocycles. The molecule has 0 aromatic carbocycles. The largest absolute Gasteiger partial charge is 0.438 e. The van der Waals surface area contributed by atoms with Crippen molar-refractivity contribution in [1.82, 2.24) is 10.3 Å². The third-order valence-electron chi connectivity index (χ3n) is 3.35. The predicted molar refractivity (Wildman–Crippen MR) is 61.5 cm³/mol. The van der Waals surface area contributed by atoms with Gasteiger partial charge in [0.15, 0.2) is 6.39 Å². The molecule has 5 nitrogen and oxygen atoms in total. The van der Waals surface area contributed by atoms with E-state index in [9.17, 15) is 9.90 Å². The number of oxazole rings is 1. The van der Waals surface area contributed by atoms with Gasteiger partial charge in [-0.2, -0.15) is 0 Å². The number of carbonyl (C=O) groups is 1. The zero-order valence-electron chi connectivity index (χ0n) is 9.98. The van der Waals surface area contributed by atoms with Gasteiger partial charge in [0.25, 0.3) is 5.91 Å². The number of nitrogens with zero attached hydrogens (tertiary/aromatic N) is 1. The summed E-state index contributed by atoms with van der Waals surface area (Å²) in [7, 11) is 0. The van der Waals surface area contributed by atoms with Gasteiger partial charge in [-0.25, -0.2) is 4.98 Å². The van der Waals surface area contributed by atoms with E-state index in [-0.39, 0.29) is 23.7 Å². The number of nitrogens with one attached hydrogen (secondary N) is 1. The van der Waals surface area contributed by atoms with E-state index < -0.39 is 0 Å². The summed E-state index contributed by atoms with van der Waals surface area (Å²) in [5.41, 5.74) is 0.590. The molecule has 0 spiro atoms. The van der Waals surface area contributed by atoms with Gasteiger partial charge >= 0.3 is 0 Å². The molecule has 1 heterocycles. The van der Waals surface area contributed by atoms with Crippen molar-refractivity contribution in [2.24, 2.45) is 5.92 Å². The lowest BCUT2D eigenvalue weighted by Crippen LogP contribution is -2.36. The van der Waals surface area contributed by atoms with Crippen molar-refractivity contribution < 1.29 is 14.3 Å². The maximum atomic E-state index is 11.7. The van der Waals surface area contributed by atoms with Gasteiger partial charge in [-0.15, -0.1) is 0 Å². The zero-order valence-corrected chi connectivity index (χ0v) is 9.98. The van der Waals surface area contributed by atoms with Crippen LogP contribution in [0.25, 0.3) is 0 Å². The normalized spacial score (nSPS) is 24.6. The molecule has 5 heteroatoms. The first kappa shape index (κ1) is 12.1. The van der Waals surface area contributed by atoms with Crippen molar-refractivity contribution in [1.29, 1.82) is 0 Å². The molecule has 1 fully saturated rings. The molecule has 17 heavy (non-hydrogen) atoms. The fraction of sp³-hybridized carbons (Fsp3) is 0.667. The van der Waals surface area contributed by atoms with E-state index in [4.69, 9.17) is 4.42 Å². The lowest BCUT2D eigenvalue weighted by molar-refractivity contribution is 0.0656. The molecule has 1 saturated carbocycles. The van der Waals surface area contributed by atoms with Gasteiger partial charge in [0.2, 0.25) is 5.76 Å². The quantitative estimate of drug-likeness (QED) is 0.831. The van der Waals surface area contributed by atoms with Crippen molar-refractivity contribution in [3.63, 3.8) is 0 Å². The Balaban J connectivity index is 1.86. The fourth-order valence-corrected chi connectivity index (χ4v) is 2.25. The van der Waals surface area contributed by atoms with E-state index in [0.29, 0.717) is 12.2 Å². The number of aliphatic hydroxyl groups excluding tert-OH is 1. The summed E-state index contributed by atoms with van der Waals surface area (Å²) in [4.78, 5) is 15.6. The maximum absolute atomic E-state index is 11.7. The Bertz CT molecular complexity index is 389. The molecule has 2 unspecified atom stereocenters. The Kier molecular flexibility index (Phi) is 3.78. The van der Waals surface area contributed by atoms with Crippen LogP contribution in [-0.2, 0) is 0 Å². The molecule has 2 N–H and O–H groups in total. The number of carbonyl (C=O) groups excluding carboxylic acids is 1. The number of hydrogen-bond acceptors (Lipinski definition) is 4. The molecule has 2 rings (SSSR count). The van der Waals surface area contributed by atoms with Crippen LogP contribution in [0.5, 0.6) is 0 Å². The van der Waals surface area contributed by atoms with Crippen LogP contribution in [0.1, 0.15) is 41.9 Å². The minimum absolute atomic E-state index is 0.163. The molecule has 2 atom stereocenters. The van der Waals surface area contributed by atoms with Crippen LogP contribution in [0, 0.1) is 12.8 Å². The summed E-state index contributed by atoms with van der Waals surface area (Å²) in [6, 6.07) is 0. The third-order valence-corrected chi connectivity index (χ3v) is 3.35. The predicted octanol–water partition coefficient (Wildman–Crippen LogP) is 1.26. The monoisotopic (exact) mass is 238 g/mol. The van der Waals surface area contributed by atoms with Crippen LogP contribution >= 0.6 is 0 Å². The van der Waals surface area contributed by atoms with Crippen LogP contribution in [0.2, 0.25) is 0 Å². The summed E-state index contributed by atoms with van der Waals surface area (Å²) in [6.45, 7) is 2.23. The number of aryl methyl sites for hydroxylation is 1. The number of amides is 1. The Morgan fingerprint density at radius 2 is 2.35 bits per heavy atom. The first-order chi connectivity index (χ1) is 8.18. The van der Waals surface area contributed by atoms with Crippen LogP contribution in [0.4, 0.5) is 0 Å². The minimum atomic E-state index is -0.292. The summed E-state index contributed by atoms with van der Waals surface area (Å²) < 4.78 is 5.01. The number of aliphatic hydroxyl groups is 1. The smallest absolute Gasteiger partial charge is 0.289 e. The van der Waals surface area contributed by atoms with Gasteiger partial charge in [0.05, 0.1) is 11.8 Å². The van der Waals surface area contributed by atoms with Gasteiger partial charge in [-0.05, 0) is 19.8 Å². The lowest BCUT2D eigenvalue weighted by Gasteiger charge is -2.27. The number of hydrogen-bond donors (Lipinski definition) is 2. The lowest BCUT2D eigenvalue weighted by atomic mass is 9.86. The third kappa shape index (κ3) is 2.85. The Morgan fingerprint density at radius 1 is 1.59 bits per heavy atom. The molecule has 1 aromatic heterocycles. The molecular weight excluding hydrogens is 220 g/mol. The Morgan fingerprint density at radius 3 is 3.00 bits per heavy atom. The van der Waals surface area contributed by atoms with E-state index in [2.05, 4.69) is 10.3 Å². The van der Waals surface area contributed by atoms with E-state index in [1.807, 2.05) is 0 Å². The average molecular weight is 238 g/mol. The molecule has 1 aromatic rings. The highest BCUT2D eigenvalue weighted by Gasteiger charge is 2.24. The molecule has 1 aliphatic carbocycles. The van der Waals surface area contributed by atoms with Crippen LogP contribution in [0.15, 0.2) is 10.8 Å². The summed E-state index contributed by atoms with van der Waals surface area (Å²) in [5, 5.41) is 12.6. The second kappa shape index (κ2) is 5.31. The van der Waals surface area contributed by atoms with Gasteiger partial charge in [0, 0.05) is 12.5 Å². The first-order valence-electron chi connectivity index (χ1n) is 6.05. The first-order valence-corrected chi connectivity index (χ1v) is 6.05. The van der Waals surface area contributed by atoms with Crippen LogP contribution in [-0.4, -0.2) is 28.6 Å². The molecule has 94 valence electrons. The highest BCUT2D eigenvalue weighted by molar-refractivity contribution is 5.92. The zero-order chi connectivity index (χ0) is 12.3. The molecule has 1 amide bonds. The van der Waals surface area contributed by atoms with Gasteiger partial charge in [0.1, 0.15) is 0 Å². The van der Waals surface area contributed by atoms with Crippen molar-refractivity contribution in [2.45, 2.75) is 38.7 Å². The summed E-state index contributed by atoms with van der Waals surface area (Å²) in [6.07, 6.45) is 4.98. The SMILES string of the molecule is Cc1ncoc1C(=O)NCC1CCCCC1O. The highest BCUT2D eigenvalue weighted by Crippen LogP contribution is 2.23. The minimum Gasteiger partial charge on any atom is -0.438 e. The summed E-state index contributed by atoms with van der Waals surface area (Å²) in [5.74, 6) is 0.170. The Hall–Kier alpha value is -1.36. The standard InChI is InChI=1S/C12H18N2O3/c1-8-11(17-7-14-8)12(16)13-6-9-4-2-3-5-10(9)15/h7,9-10,15H,2-6H2,1H3,(H,13,16). The van der Waals surface area contributed by atoms with E-state index in [1.54, 1.807) is 6.92 Å². The Labute approximate surface area is 100 Å². The van der Waals surface area contributed by atoms with Crippen LogP contribution < -0.4 is 5.32 Å². The molecule has 0 bridgehead atoms. The van der Waals surface area contributed by atoms with E-state index >= 15 is 0 Å². The second-order valence-corrected chi connectivity index (χ2v) is 4.59. The van der Waals surface area contributed by atoms with Crippen molar-refractivity contribution in [2.75, 3.05) is 6.54 Å². The summed E-state index contributed by atoms with van der Waals surface area (Å²) >= 11 is 0.